The Hall–Kier alpha value is -4.68. The maximum atomic E-state index is 13.8. The first-order valence-electron chi connectivity index (χ1n) is 20.6. The number of allylic oxidation sites excluding steroid dienone is 4. The van der Waals surface area contributed by atoms with Crippen molar-refractivity contribution in [3.8, 4) is 0 Å². The maximum Gasteiger partial charge on any atom is 0.261 e. The van der Waals surface area contributed by atoms with Crippen molar-refractivity contribution in [3.05, 3.63) is 70.8 Å². The van der Waals surface area contributed by atoms with Gasteiger partial charge in [0.1, 0.15) is 0 Å². The quantitative estimate of drug-likeness (QED) is 0.0870. The van der Waals surface area contributed by atoms with Gasteiger partial charge in [-0.25, -0.2) is 0 Å². The Balaban J connectivity index is 0.991. The zero-order valence-corrected chi connectivity index (χ0v) is 33.7. The van der Waals surface area contributed by atoms with Crippen LogP contribution in [0.2, 0.25) is 0 Å². The van der Waals surface area contributed by atoms with Crippen molar-refractivity contribution in [2.24, 2.45) is 11.8 Å². The molecule has 0 saturated carbocycles. The number of nitrogens with one attached hydrogen (secondary N) is 2. The zero-order chi connectivity index (χ0) is 40.0. The number of hydrogen-bond acceptors (Lipinski definition) is 6. The van der Waals surface area contributed by atoms with Gasteiger partial charge in [-0.3, -0.25) is 38.6 Å². The summed E-state index contributed by atoms with van der Waals surface area (Å²) in [5.41, 5.74) is 1.32. The molecule has 2 aliphatic heterocycles. The van der Waals surface area contributed by atoms with Crippen LogP contribution in [0, 0.1) is 11.8 Å². The molecule has 0 spiro atoms. The second kappa shape index (κ2) is 17.6. The van der Waals surface area contributed by atoms with Crippen LogP contribution in [0.3, 0.4) is 0 Å². The van der Waals surface area contributed by atoms with Gasteiger partial charge in [0.15, 0.2) is 0 Å². The van der Waals surface area contributed by atoms with Crippen LogP contribution in [0.1, 0.15) is 106 Å². The van der Waals surface area contributed by atoms with Gasteiger partial charge >= 0.3 is 0 Å². The molecule has 6 rings (SSSR count). The van der Waals surface area contributed by atoms with Gasteiger partial charge in [0.05, 0.1) is 54.4 Å². The van der Waals surface area contributed by atoms with E-state index in [-0.39, 0.29) is 24.9 Å². The molecule has 2 aromatic rings. The predicted molar refractivity (Wildman–Crippen MR) is 216 cm³/mol. The Morgan fingerprint density at radius 2 is 0.911 bits per heavy atom. The number of carbonyl (C=O) groups excluding carboxylic acids is 6. The topological polar surface area (TPSA) is 133 Å². The van der Waals surface area contributed by atoms with Crippen molar-refractivity contribution in [3.63, 3.8) is 0 Å². The molecule has 0 bridgehead atoms. The summed E-state index contributed by atoms with van der Waals surface area (Å²) in [6, 6.07) is 6.50. The molecule has 0 unspecified atom stereocenters. The largest absolute Gasteiger partial charge is 0.356 e. The van der Waals surface area contributed by atoms with Crippen molar-refractivity contribution in [1.82, 2.24) is 20.4 Å². The van der Waals surface area contributed by atoms with Gasteiger partial charge in [-0.05, 0) is 61.8 Å². The zero-order valence-electron chi connectivity index (χ0n) is 33.7. The van der Waals surface area contributed by atoms with Gasteiger partial charge in [0.25, 0.3) is 23.6 Å². The Morgan fingerprint density at radius 3 is 1.23 bits per heavy atom. The number of hydrogen-bond donors (Lipinski definition) is 2. The average molecular weight is 769 g/mol. The summed E-state index contributed by atoms with van der Waals surface area (Å²) in [5.74, 6) is -0.766. The maximum absolute atomic E-state index is 13.8. The van der Waals surface area contributed by atoms with E-state index < -0.39 is 23.6 Å². The van der Waals surface area contributed by atoms with Gasteiger partial charge in [-0.15, -0.1) is 0 Å². The summed E-state index contributed by atoms with van der Waals surface area (Å²) >= 11 is 0. The van der Waals surface area contributed by atoms with Gasteiger partial charge in [-0.1, -0.05) is 24.3 Å². The van der Waals surface area contributed by atoms with E-state index in [2.05, 4.69) is 63.1 Å². The lowest BCUT2D eigenvalue weighted by atomic mass is 9.86. The van der Waals surface area contributed by atoms with Crippen molar-refractivity contribution in [2.45, 2.75) is 64.2 Å². The minimum absolute atomic E-state index is 0.0915. The molecular weight excluding hydrogens is 709 g/mol. The van der Waals surface area contributed by atoms with Crippen molar-refractivity contribution < 1.29 is 37.7 Å². The molecule has 2 N–H and O–H groups in total. The first-order valence-corrected chi connectivity index (χ1v) is 20.6. The van der Waals surface area contributed by atoms with Gasteiger partial charge in [-0.2, -0.15) is 0 Å². The lowest BCUT2D eigenvalue weighted by Gasteiger charge is -2.34. The molecule has 300 valence electrons. The van der Waals surface area contributed by atoms with E-state index in [9.17, 15) is 28.8 Å². The smallest absolute Gasteiger partial charge is 0.261 e. The second-order valence-electron chi connectivity index (χ2n) is 17.4. The molecular formula is C44H60N6O6+2. The van der Waals surface area contributed by atoms with Gasteiger partial charge in [0, 0.05) is 97.7 Å². The number of carbonyl (C=O) groups is 6. The molecule has 2 aromatic carbocycles. The Morgan fingerprint density at radius 1 is 0.571 bits per heavy atom. The summed E-state index contributed by atoms with van der Waals surface area (Å²) in [7, 11) is 8.44. The Kier molecular flexibility index (Phi) is 12.9. The van der Waals surface area contributed by atoms with Crippen LogP contribution < -0.4 is 10.6 Å². The number of quaternary nitrogens is 2. The van der Waals surface area contributed by atoms with Gasteiger partial charge < -0.3 is 19.6 Å². The van der Waals surface area contributed by atoms with E-state index in [1.807, 2.05) is 0 Å². The molecule has 0 fully saturated rings. The highest BCUT2D eigenvalue weighted by atomic mass is 16.2. The summed E-state index contributed by atoms with van der Waals surface area (Å²) in [4.78, 5) is 82.4. The van der Waals surface area contributed by atoms with Crippen LogP contribution in [0.5, 0.6) is 0 Å². The molecule has 0 radical (unpaired) electrons. The second-order valence-corrected chi connectivity index (χ2v) is 17.4. The van der Waals surface area contributed by atoms with Crippen LogP contribution >= 0.6 is 0 Å². The molecule has 12 nitrogen and oxygen atoms in total. The lowest BCUT2D eigenvalue weighted by Crippen LogP contribution is -2.47. The third kappa shape index (κ3) is 9.64. The fourth-order valence-corrected chi connectivity index (χ4v) is 8.74. The van der Waals surface area contributed by atoms with E-state index >= 15 is 0 Å². The summed E-state index contributed by atoms with van der Waals surface area (Å²) in [6.45, 7) is 4.91. The van der Waals surface area contributed by atoms with Crippen LogP contribution in [0.15, 0.2) is 48.6 Å². The first kappa shape index (κ1) is 41.0. The highest BCUT2D eigenvalue weighted by Gasteiger charge is 2.39. The number of imide groups is 2. The molecule has 2 atom stereocenters. The molecule has 56 heavy (non-hydrogen) atoms. The van der Waals surface area contributed by atoms with E-state index in [1.54, 1.807) is 24.3 Å². The molecule has 6 amide bonds. The predicted octanol–water partition coefficient (Wildman–Crippen LogP) is 4.69. The Labute approximate surface area is 331 Å². The number of amides is 6. The number of nitrogens with zero attached hydrogens (tertiary/aromatic N) is 4. The van der Waals surface area contributed by atoms with Crippen LogP contribution in [-0.2, 0) is 9.59 Å². The van der Waals surface area contributed by atoms with Crippen molar-refractivity contribution in [1.29, 1.82) is 0 Å². The number of benzene rings is 2. The third-order valence-corrected chi connectivity index (χ3v) is 12.0. The normalized spacial score (nSPS) is 19.1. The third-order valence-electron chi connectivity index (χ3n) is 12.0. The molecule has 2 aliphatic carbocycles. The van der Waals surface area contributed by atoms with Crippen LogP contribution in [0.4, 0.5) is 0 Å². The van der Waals surface area contributed by atoms with Gasteiger partial charge in [0.2, 0.25) is 11.8 Å². The highest BCUT2D eigenvalue weighted by Crippen LogP contribution is 2.38. The van der Waals surface area contributed by atoms with Crippen LogP contribution in [0.25, 0.3) is 10.8 Å². The minimum Gasteiger partial charge on any atom is -0.356 e. The standard InChI is InChI=1S/C44H58N6O6/c1-49(2,25-9-21-45-37(51)29-31-13-5-6-14-31)27-11-23-47-41(53)33-17-19-35-40-36(20-18-34(39(33)40)42(47)54)44(56)48(43(35)55)24-12-28-50(3,4)26-10-22-46-38(52)30-32-15-7-8-16-32/h5,7,13,15,17-20,31-32H,6,8-12,14,16,21-30H2,1-4H3/p+2/t31-,32-/m0/s1. The molecule has 0 aromatic heterocycles. The van der Waals surface area contributed by atoms with E-state index in [0.717, 1.165) is 64.7 Å². The molecule has 2 heterocycles. The lowest BCUT2D eigenvalue weighted by molar-refractivity contribution is -0.890. The SMILES string of the molecule is C[N+](C)(CCCNC(=O)C[C@H]1C=CCC1)CCCN1C(=O)c2ccc3c4c(ccc(c24)C1=O)C(=O)N(CCC[N+](C)(C)CCCNC(=O)C[C@H]1C=CCC1)C3=O. The Bertz CT molecular complexity index is 1720. The molecule has 4 aliphatic rings. The highest BCUT2D eigenvalue weighted by molar-refractivity contribution is 6.33. The number of rotatable bonds is 20. The van der Waals surface area contributed by atoms with Crippen molar-refractivity contribution in [2.75, 3.05) is 80.5 Å². The summed E-state index contributed by atoms with van der Waals surface area (Å²) in [6.07, 6.45) is 16.7. The fraction of sp³-hybridized carbons (Fsp3) is 0.545. The monoisotopic (exact) mass is 768 g/mol. The summed E-state index contributed by atoms with van der Waals surface area (Å²) < 4.78 is 1.37. The van der Waals surface area contributed by atoms with E-state index in [0.29, 0.717) is 92.6 Å². The van der Waals surface area contributed by atoms with Crippen molar-refractivity contribution >= 4 is 46.2 Å². The first-order chi connectivity index (χ1) is 26.7. The molecule has 0 saturated heterocycles. The van der Waals surface area contributed by atoms with E-state index in [1.165, 1.54) is 9.80 Å². The molecule has 12 heteroatoms. The van der Waals surface area contributed by atoms with Crippen LogP contribution in [-0.4, -0.2) is 135 Å². The fourth-order valence-electron chi connectivity index (χ4n) is 8.74. The average Bonchev–Trinajstić information content (AvgIpc) is 3.87. The summed E-state index contributed by atoms with van der Waals surface area (Å²) in [5, 5.41) is 6.86. The van der Waals surface area contributed by atoms with E-state index in [4.69, 9.17) is 0 Å². The minimum atomic E-state index is -0.413.